The molecule has 2 spiro atoms. The number of rotatable bonds is 4. The van der Waals surface area contributed by atoms with Crippen molar-refractivity contribution in [3.63, 3.8) is 0 Å². The van der Waals surface area contributed by atoms with Gasteiger partial charge in [-0.3, -0.25) is 0 Å². The van der Waals surface area contributed by atoms with Gasteiger partial charge < -0.3 is 31.5 Å². The highest BCUT2D eigenvalue weighted by Gasteiger charge is 2.56. The van der Waals surface area contributed by atoms with E-state index < -0.39 is 0 Å². The highest BCUT2D eigenvalue weighted by molar-refractivity contribution is 5.83. The maximum atomic E-state index is 6.25. The summed E-state index contributed by atoms with van der Waals surface area (Å²) < 4.78 is 20.8. The molecule has 1 aliphatic carbocycles. The maximum absolute atomic E-state index is 6.25. The molecule has 34 heavy (non-hydrogen) atoms. The molecule has 0 radical (unpaired) electrons. The molecule has 5 rings (SSSR count). The fourth-order valence-electron chi connectivity index (χ4n) is 5.93. The first-order chi connectivity index (χ1) is 16.0. The molecule has 6 heteroatoms. The van der Waals surface area contributed by atoms with Crippen LogP contribution in [-0.2, 0) is 9.47 Å². The third-order valence-corrected chi connectivity index (χ3v) is 7.95. The van der Waals surface area contributed by atoms with Gasteiger partial charge in [-0.15, -0.1) is 0 Å². The molecule has 3 aliphatic heterocycles. The van der Waals surface area contributed by atoms with E-state index in [-0.39, 0.29) is 23.7 Å². The second-order valence-corrected chi connectivity index (χ2v) is 10.5. The van der Waals surface area contributed by atoms with E-state index in [1.54, 1.807) is 0 Å². The fourth-order valence-corrected chi connectivity index (χ4v) is 5.93. The minimum Gasteiger partial charge on any atom is -1.00 e. The van der Waals surface area contributed by atoms with Crippen LogP contribution in [0.5, 0.6) is 5.75 Å². The number of likely N-dealkylation sites (N-methyl/N-ethyl adjacent to an activating group) is 1. The van der Waals surface area contributed by atoms with Crippen molar-refractivity contribution in [2.24, 2.45) is 0 Å². The number of hydrogen-bond donors (Lipinski definition) is 0. The van der Waals surface area contributed by atoms with E-state index in [4.69, 9.17) is 14.2 Å². The largest absolute Gasteiger partial charge is 1.00 e. The van der Waals surface area contributed by atoms with Gasteiger partial charge in [0.15, 0.2) is 18.0 Å². The van der Waals surface area contributed by atoms with Gasteiger partial charge in [0.25, 0.3) is 0 Å². The van der Waals surface area contributed by atoms with Crippen LogP contribution in [0.2, 0.25) is 0 Å². The average molecular weight is 487 g/mol. The lowest BCUT2D eigenvalue weighted by Gasteiger charge is -2.47. The van der Waals surface area contributed by atoms with Crippen molar-refractivity contribution in [3.8, 4) is 5.75 Å². The Kier molecular flexibility index (Phi) is 7.75. The summed E-state index contributed by atoms with van der Waals surface area (Å²) in [6.45, 7) is 7.60. The molecule has 0 N–H and O–H groups in total. The van der Waals surface area contributed by atoms with Crippen LogP contribution < -0.4 is 17.1 Å². The summed E-state index contributed by atoms with van der Waals surface area (Å²) in [6.07, 6.45) is 14.5. The minimum atomic E-state index is -0.333. The molecule has 2 saturated heterocycles. The number of ether oxygens (including phenoxy) is 3. The van der Waals surface area contributed by atoms with E-state index in [1.165, 1.54) is 23.3 Å². The number of halogens is 1. The number of nitrogens with zero attached hydrogens (tertiary/aromatic N) is 2. The first kappa shape index (κ1) is 25.3. The lowest BCUT2D eigenvalue weighted by molar-refractivity contribution is -0.532. The molecule has 3 heterocycles. The first-order valence-electron chi connectivity index (χ1n) is 12.7. The standard InChI is InChI=1S/C28H39N2O3.ClH/c1-22(2)10-17-31-26-8-6-23(7-9-26)18-24-20-29(3)25-19-27(30(24)21-25)11-13-28(14-12-27)32-15-4-5-16-33-28;/h6-10,18,20,25H,4-5,11-17,19,21H2,1-3H3;1H/q+1;/p-1/b24-18-;/t25-;/m0./s1. The van der Waals surface area contributed by atoms with Crippen molar-refractivity contribution in [1.82, 2.24) is 4.90 Å². The minimum absolute atomic E-state index is 0. The van der Waals surface area contributed by atoms with Gasteiger partial charge in [0.2, 0.25) is 0 Å². The highest BCUT2D eigenvalue weighted by Crippen LogP contribution is 2.49. The molecule has 186 valence electrons. The van der Waals surface area contributed by atoms with Crippen LogP contribution in [0.4, 0.5) is 0 Å². The molecule has 5 nitrogen and oxygen atoms in total. The summed E-state index contributed by atoms with van der Waals surface area (Å²) in [5, 5.41) is 0. The second-order valence-electron chi connectivity index (χ2n) is 10.5. The Labute approximate surface area is 210 Å². The van der Waals surface area contributed by atoms with E-state index in [2.05, 4.69) is 73.0 Å². The Balaban J connectivity index is 0.00000274. The lowest BCUT2D eigenvalue weighted by Crippen LogP contribution is -3.00. The molecule has 0 unspecified atom stereocenters. The Bertz CT molecular complexity index is 931. The van der Waals surface area contributed by atoms with Gasteiger partial charge in [-0.1, -0.05) is 17.7 Å². The van der Waals surface area contributed by atoms with Crippen LogP contribution >= 0.6 is 0 Å². The van der Waals surface area contributed by atoms with E-state index in [0.29, 0.717) is 12.6 Å². The van der Waals surface area contributed by atoms with Crippen molar-refractivity contribution in [2.45, 2.75) is 76.2 Å². The molecule has 0 amide bonds. The SMILES string of the molecule is CC(C)=CCOc1ccc(/C=C2/C=[N+](C)[C@@H]3CN2C2(CCC4(CC2)OCCCCO4)C3)cc1.[Cl-]. The van der Waals surface area contributed by atoms with Crippen molar-refractivity contribution in [3.05, 3.63) is 47.2 Å². The highest BCUT2D eigenvalue weighted by atomic mass is 35.5. The van der Waals surface area contributed by atoms with Gasteiger partial charge in [-0.2, -0.15) is 0 Å². The third kappa shape index (κ3) is 5.22. The van der Waals surface area contributed by atoms with Gasteiger partial charge in [0, 0.05) is 24.8 Å². The van der Waals surface area contributed by atoms with E-state index in [0.717, 1.165) is 64.0 Å². The van der Waals surface area contributed by atoms with Crippen LogP contribution in [-0.4, -0.2) is 66.5 Å². The molecule has 1 aromatic rings. The molecule has 1 saturated carbocycles. The van der Waals surface area contributed by atoms with Crippen LogP contribution in [0, 0.1) is 0 Å². The maximum Gasteiger partial charge on any atom is 0.187 e. The smallest absolute Gasteiger partial charge is 0.187 e. The Hall–Kier alpha value is -1.82. The second kappa shape index (κ2) is 10.4. The third-order valence-electron chi connectivity index (χ3n) is 7.95. The lowest BCUT2D eigenvalue weighted by atomic mass is 9.76. The van der Waals surface area contributed by atoms with Gasteiger partial charge in [0.05, 0.1) is 19.8 Å². The predicted octanol–water partition coefficient (Wildman–Crippen LogP) is 2.01. The quantitative estimate of drug-likeness (QED) is 0.481. The summed E-state index contributed by atoms with van der Waals surface area (Å²) in [4.78, 5) is 2.69. The van der Waals surface area contributed by atoms with Gasteiger partial charge >= 0.3 is 0 Å². The van der Waals surface area contributed by atoms with E-state index in [9.17, 15) is 0 Å². The Morgan fingerprint density at radius 2 is 1.76 bits per heavy atom. The average Bonchev–Trinajstić information content (AvgIpc) is 2.95. The zero-order valence-electron chi connectivity index (χ0n) is 20.9. The van der Waals surface area contributed by atoms with Crippen molar-refractivity contribution in [2.75, 3.05) is 33.4 Å². The van der Waals surface area contributed by atoms with Crippen LogP contribution in [0.25, 0.3) is 6.08 Å². The van der Waals surface area contributed by atoms with Crippen molar-refractivity contribution >= 4 is 12.3 Å². The van der Waals surface area contributed by atoms with Crippen LogP contribution in [0.1, 0.15) is 64.4 Å². The van der Waals surface area contributed by atoms with Crippen LogP contribution in [0.15, 0.2) is 41.6 Å². The fraction of sp³-hybridized carbons (Fsp3) is 0.607. The van der Waals surface area contributed by atoms with E-state index in [1.807, 2.05) is 0 Å². The Morgan fingerprint density at radius 1 is 1.09 bits per heavy atom. The summed E-state index contributed by atoms with van der Waals surface area (Å²) in [5.74, 6) is 0.582. The summed E-state index contributed by atoms with van der Waals surface area (Å²) >= 11 is 0. The summed E-state index contributed by atoms with van der Waals surface area (Å²) in [5.41, 5.74) is 4.03. The predicted molar refractivity (Wildman–Crippen MR) is 132 cm³/mol. The van der Waals surface area contributed by atoms with Gasteiger partial charge in [-0.25, -0.2) is 4.58 Å². The van der Waals surface area contributed by atoms with Crippen molar-refractivity contribution in [1.29, 1.82) is 0 Å². The summed E-state index contributed by atoms with van der Waals surface area (Å²) in [7, 11) is 2.23. The zero-order valence-corrected chi connectivity index (χ0v) is 21.7. The first-order valence-corrected chi connectivity index (χ1v) is 12.7. The normalized spacial score (nSPS) is 26.1. The van der Waals surface area contributed by atoms with Gasteiger partial charge in [0.1, 0.15) is 25.1 Å². The number of fused-ring (bicyclic) bond motifs is 3. The molecule has 3 fully saturated rings. The van der Waals surface area contributed by atoms with Crippen molar-refractivity contribution < 1.29 is 31.2 Å². The number of benzene rings is 1. The summed E-state index contributed by atoms with van der Waals surface area (Å²) in [6, 6.07) is 9.07. The molecule has 0 aromatic heterocycles. The topological polar surface area (TPSA) is 33.9 Å². The molecule has 1 aromatic carbocycles. The monoisotopic (exact) mass is 486 g/mol. The molecule has 4 aliphatic rings. The number of hydrogen-bond acceptors (Lipinski definition) is 4. The molecule has 2 bridgehead atoms. The van der Waals surface area contributed by atoms with Gasteiger partial charge in [-0.05, 0) is 69.4 Å². The molecular weight excluding hydrogens is 448 g/mol. The Morgan fingerprint density at radius 3 is 2.41 bits per heavy atom. The van der Waals surface area contributed by atoms with Crippen LogP contribution in [0.3, 0.4) is 0 Å². The van der Waals surface area contributed by atoms with E-state index >= 15 is 0 Å². The molecule has 1 atom stereocenters. The molecular formula is C28H39ClN2O3. The zero-order chi connectivity index (χ0) is 22.9. The number of allylic oxidation sites excluding steroid dienone is 2.